The van der Waals surface area contributed by atoms with E-state index in [1.54, 1.807) is 0 Å². The second-order valence-corrected chi connectivity index (χ2v) is 7.01. The summed E-state index contributed by atoms with van der Waals surface area (Å²) < 4.78 is 5.53. The molecule has 0 aliphatic carbocycles. The number of hydrogen-bond acceptors (Lipinski definition) is 4. The van der Waals surface area contributed by atoms with Crippen LogP contribution in [0.5, 0.6) is 0 Å². The molecule has 142 valence electrons. The molecule has 1 heterocycles. The maximum Gasteiger partial charge on any atom is 0.317 e. The number of hydrogen-bond donors (Lipinski definition) is 1. The molecule has 1 aromatic rings. The lowest BCUT2D eigenvalue weighted by molar-refractivity contribution is 0.108. The number of amides is 2. The number of para-hydroxylation sites is 1. The topological polar surface area (TPSA) is 68.6 Å². The number of nitrogens with zero attached hydrogens (tertiary/aromatic N) is 3. The van der Waals surface area contributed by atoms with Gasteiger partial charge in [-0.2, -0.15) is 5.26 Å². The third-order valence-electron chi connectivity index (χ3n) is 4.34. The fourth-order valence-corrected chi connectivity index (χ4v) is 3.01. The van der Waals surface area contributed by atoms with Crippen LogP contribution in [0.4, 0.5) is 10.5 Å². The van der Waals surface area contributed by atoms with Crippen molar-refractivity contribution in [2.45, 2.75) is 26.7 Å². The molecule has 1 N–H and O–H groups in total. The SMILES string of the molecule is CC(C)COCCCNC(=O)N1CCCN(c2ccccc2C#N)CC1. The predicted molar refractivity (Wildman–Crippen MR) is 103 cm³/mol. The number of benzene rings is 1. The van der Waals surface area contributed by atoms with E-state index in [2.05, 4.69) is 30.1 Å². The molecule has 0 unspecified atom stereocenters. The van der Waals surface area contributed by atoms with Gasteiger partial charge in [0.05, 0.1) is 11.3 Å². The van der Waals surface area contributed by atoms with Crippen molar-refractivity contribution < 1.29 is 9.53 Å². The van der Waals surface area contributed by atoms with Gasteiger partial charge in [-0.1, -0.05) is 26.0 Å². The summed E-state index contributed by atoms with van der Waals surface area (Å²) in [5.74, 6) is 0.538. The molecule has 6 heteroatoms. The molecule has 1 aliphatic rings. The maximum atomic E-state index is 12.4. The van der Waals surface area contributed by atoms with E-state index in [4.69, 9.17) is 4.74 Å². The Bertz CT molecular complexity index is 612. The summed E-state index contributed by atoms with van der Waals surface area (Å²) in [5, 5.41) is 12.3. The van der Waals surface area contributed by atoms with Crippen LogP contribution >= 0.6 is 0 Å². The maximum absolute atomic E-state index is 12.4. The van der Waals surface area contributed by atoms with Gasteiger partial charge < -0.3 is 19.9 Å². The molecule has 6 nitrogen and oxygen atoms in total. The van der Waals surface area contributed by atoms with Gasteiger partial charge in [0.15, 0.2) is 0 Å². The Labute approximate surface area is 156 Å². The Hall–Kier alpha value is -2.26. The highest BCUT2D eigenvalue weighted by Gasteiger charge is 2.20. The van der Waals surface area contributed by atoms with Crippen LogP contribution in [-0.4, -0.2) is 56.9 Å². The van der Waals surface area contributed by atoms with E-state index in [0.717, 1.165) is 44.8 Å². The Morgan fingerprint density at radius 2 is 2.08 bits per heavy atom. The molecule has 2 amide bonds. The summed E-state index contributed by atoms with van der Waals surface area (Å²) in [4.78, 5) is 16.4. The monoisotopic (exact) mass is 358 g/mol. The number of anilines is 1. The van der Waals surface area contributed by atoms with E-state index in [9.17, 15) is 10.1 Å². The largest absolute Gasteiger partial charge is 0.381 e. The first kappa shape index (κ1) is 20.1. The van der Waals surface area contributed by atoms with Gasteiger partial charge in [-0.25, -0.2) is 4.79 Å². The quantitative estimate of drug-likeness (QED) is 0.761. The van der Waals surface area contributed by atoms with E-state index in [1.165, 1.54) is 0 Å². The van der Waals surface area contributed by atoms with Gasteiger partial charge in [-0.3, -0.25) is 0 Å². The third-order valence-corrected chi connectivity index (χ3v) is 4.34. The lowest BCUT2D eigenvalue weighted by atomic mass is 10.1. The Balaban J connectivity index is 1.75. The molecule has 1 aromatic carbocycles. The van der Waals surface area contributed by atoms with Gasteiger partial charge in [0.25, 0.3) is 0 Å². The molecular weight excluding hydrogens is 328 g/mol. The van der Waals surface area contributed by atoms with Crippen LogP contribution in [0.15, 0.2) is 24.3 Å². The summed E-state index contributed by atoms with van der Waals surface area (Å²) in [5.41, 5.74) is 1.64. The van der Waals surface area contributed by atoms with Crippen molar-refractivity contribution in [3.8, 4) is 6.07 Å². The van der Waals surface area contributed by atoms with Crippen LogP contribution in [0.2, 0.25) is 0 Å². The van der Waals surface area contributed by atoms with Gasteiger partial charge in [0.1, 0.15) is 6.07 Å². The number of rotatable bonds is 7. The summed E-state index contributed by atoms with van der Waals surface area (Å²) >= 11 is 0. The Morgan fingerprint density at radius 1 is 1.27 bits per heavy atom. The number of urea groups is 1. The van der Waals surface area contributed by atoms with Crippen molar-refractivity contribution >= 4 is 11.7 Å². The van der Waals surface area contributed by atoms with Crippen molar-refractivity contribution in [1.29, 1.82) is 5.26 Å². The van der Waals surface area contributed by atoms with E-state index in [-0.39, 0.29) is 6.03 Å². The minimum absolute atomic E-state index is 0.00993. The molecule has 1 saturated heterocycles. The van der Waals surface area contributed by atoms with Crippen LogP contribution in [0.25, 0.3) is 0 Å². The van der Waals surface area contributed by atoms with Crippen LogP contribution in [-0.2, 0) is 4.74 Å². The summed E-state index contributed by atoms with van der Waals surface area (Å²) in [7, 11) is 0. The third kappa shape index (κ3) is 6.23. The fourth-order valence-electron chi connectivity index (χ4n) is 3.01. The fraction of sp³-hybridized carbons (Fsp3) is 0.600. The number of nitrogens with one attached hydrogen (secondary N) is 1. The van der Waals surface area contributed by atoms with Crippen LogP contribution in [0.1, 0.15) is 32.3 Å². The molecule has 2 rings (SSSR count). The zero-order chi connectivity index (χ0) is 18.8. The highest BCUT2D eigenvalue weighted by Crippen LogP contribution is 2.21. The lowest BCUT2D eigenvalue weighted by Crippen LogP contribution is -2.42. The molecule has 1 fully saturated rings. The Morgan fingerprint density at radius 3 is 2.85 bits per heavy atom. The minimum Gasteiger partial charge on any atom is -0.381 e. The smallest absolute Gasteiger partial charge is 0.317 e. The van der Waals surface area contributed by atoms with E-state index in [1.807, 2.05) is 29.2 Å². The zero-order valence-corrected chi connectivity index (χ0v) is 15.9. The zero-order valence-electron chi connectivity index (χ0n) is 15.9. The van der Waals surface area contributed by atoms with Crippen LogP contribution in [0.3, 0.4) is 0 Å². The van der Waals surface area contributed by atoms with Gasteiger partial charge in [0.2, 0.25) is 0 Å². The van der Waals surface area contributed by atoms with Crippen molar-refractivity contribution in [3.63, 3.8) is 0 Å². The number of carbonyl (C=O) groups excluding carboxylic acids is 1. The molecule has 1 aliphatic heterocycles. The standard InChI is InChI=1S/C20H30N4O2/c1-17(2)16-26-14-5-9-22-20(25)24-11-6-10-23(12-13-24)19-8-4-3-7-18(19)15-21/h3-4,7-8,17H,5-6,9-14,16H2,1-2H3,(H,22,25). The van der Waals surface area contributed by atoms with E-state index >= 15 is 0 Å². The number of nitriles is 1. The summed E-state index contributed by atoms with van der Waals surface area (Å²) in [6, 6.07) is 9.89. The molecular formula is C20H30N4O2. The summed E-state index contributed by atoms with van der Waals surface area (Å²) in [6.45, 7) is 9.32. The van der Waals surface area contributed by atoms with Gasteiger partial charge >= 0.3 is 6.03 Å². The molecule has 0 saturated carbocycles. The van der Waals surface area contributed by atoms with Crippen molar-refractivity contribution in [1.82, 2.24) is 10.2 Å². The highest BCUT2D eigenvalue weighted by molar-refractivity contribution is 5.74. The summed E-state index contributed by atoms with van der Waals surface area (Å²) in [6.07, 6.45) is 1.72. The van der Waals surface area contributed by atoms with Crippen LogP contribution in [0, 0.1) is 17.2 Å². The average molecular weight is 358 g/mol. The first-order chi connectivity index (χ1) is 12.6. The second kappa shape index (κ2) is 10.7. The van der Waals surface area contributed by atoms with Crippen molar-refractivity contribution in [3.05, 3.63) is 29.8 Å². The highest BCUT2D eigenvalue weighted by atomic mass is 16.5. The molecule has 0 bridgehead atoms. The van der Waals surface area contributed by atoms with E-state index in [0.29, 0.717) is 31.2 Å². The molecule has 0 radical (unpaired) electrons. The normalized spacial score (nSPS) is 14.8. The molecule has 0 atom stereocenters. The lowest BCUT2D eigenvalue weighted by Gasteiger charge is -2.24. The average Bonchev–Trinajstić information content (AvgIpc) is 2.90. The van der Waals surface area contributed by atoms with Crippen LogP contribution < -0.4 is 10.2 Å². The minimum atomic E-state index is -0.00993. The molecule has 0 aromatic heterocycles. The molecule has 0 spiro atoms. The second-order valence-electron chi connectivity index (χ2n) is 7.01. The van der Waals surface area contributed by atoms with Gasteiger partial charge in [0, 0.05) is 45.9 Å². The van der Waals surface area contributed by atoms with E-state index < -0.39 is 0 Å². The first-order valence-electron chi connectivity index (χ1n) is 9.46. The van der Waals surface area contributed by atoms with Gasteiger partial charge in [-0.05, 0) is 30.9 Å². The number of carbonyl (C=O) groups is 1. The van der Waals surface area contributed by atoms with Crippen molar-refractivity contribution in [2.24, 2.45) is 5.92 Å². The number of ether oxygens (including phenoxy) is 1. The first-order valence-corrected chi connectivity index (χ1v) is 9.46. The predicted octanol–water partition coefficient (Wildman–Crippen LogP) is 2.84. The van der Waals surface area contributed by atoms with Crippen molar-refractivity contribution in [2.75, 3.05) is 50.8 Å². The van der Waals surface area contributed by atoms with Gasteiger partial charge in [-0.15, -0.1) is 0 Å². The molecule has 26 heavy (non-hydrogen) atoms. The Kier molecular flexibility index (Phi) is 8.23.